The first-order valence-corrected chi connectivity index (χ1v) is 5.44. The summed E-state index contributed by atoms with van der Waals surface area (Å²) in [6, 6.07) is 8.50. The molecular formula is C13H19NO. The summed E-state index contributed by atoms with van der Waals surface area (Å²) in [4.78, 5) is 10.7. The van der Waals surface area contributed by atoms with Crippen LogP contribution < -0.4 is 5.32 Å². The first-order valence-electron chi connectivity index (χ1n) is 5.44. The van der Waals surface area contributed by atoms with E-state index in [2.05, 4.69) is 36.5 Å². The van der Waals surface area contributed by atoms with E-state index in [0.717, 1.165) is 19.5 Å². The number of rotatable bonds is 6. The topological polar surface area (TPSA) is 29.1 Å². The van der Waals surface area contributed by atoms with Gasteiger partial charge in [0, 0.05) is 13.0 Å². The van der Waals surface area contributed by atoms with E-state index in [-0.39, 0.29) is 5.78 Å². The molecule has 0 radical (unpaired) electrons. The normalized spacial score (nSPS) is 10.3. The molecule has 0 fully saturated rings. The molecule has 0 spiro atoms. The van der Waals surface area contributed by atoms with Gasteiger partial charge in [0.25, 0.3) is 0 Å². The minimum atomic E-state index is 0.270. The first kappa shape index (κ1) is 11.9. The van der Waals surface area contributed by atoms with Crippen LogP contribution in [0.2, 0.25) is 0 Å². The van der Waals surface area contributed by atoms with Crippen LogP contribution in [0.25, 0.3) is 0 Å². The first-order chi connectivity index (χ1) is 7.18. The number of carbonyl (C=O) groups is 1. The van der Waals surface area contributed by atoms with Crippen molar-refractivity contribution in [3.8, 4) is 0 Å². The van der Waals surface area contributed by atoms with Crippen molar-refractivity contribution in [2.75, 3.05) is 6.54 Å². The molecule has 0 saturated carbocycles. The molecule has 1 N–H and O–H groups in total. The lowest BCUT2D eigenvalue weighted by Crippen LogP contribution is -2.15. The summed E-state index contributed by atoms with van der Waals surface area (Å²) < 4.78 is 0. The van der Waals surface area contributed by atoms with E-state index in [9.17, 15) is 4.79 Å². The van der Waals surface area contributed by atoms with Crippen molar-refractivity contribution in [1.29, 1.82) is 0 Å². The molecule has 0 aromatic heterocycles. The zero-order valence-electron chi connectivity index (χ0n) is 9.55. The van der Waals surface area contributed by atoms with Crippen LogP contribution in [-0.4, -0.2) is 12.3 Å². The maximum Gasteiger partial charge on any atom is 0.129 e. The number of aryl methyl sites for hydroxylation is 1. The number of hydrogen-bond acceptors (Lipinski definition) is 2. The lowest BCUT2D eigenvalue weighted by Gasteiger charge is -2.04. The molecule has 0 unspecified atom stereocenters. The summed E-state index contributed by atoms with van der Waals surface area (Å²) in [6.45, 7) is 5.52. The van der Waals surface area contributed by atoms with Crippen LogP contribution in [0.3, 0.4) is 0 Å². The zero-order valence-corrected chi connectivity index (χ0v) is 9.55. The lowest BCUT2D eigenvalue weighted by atomic mass is 10.1. The highest BCUT2D eigenvalue weighted by Crippen LogP contribution is 2.02. The van der Waals surface area contributed by atoms with E-state index < -0.39 is 0 Å². The Labute approximate surface area is 91.7 Å². The predicted molar refractivity (Wildman–Crippen MR) is 62.8 cm³/mol. The second kappa shape index (κ2) is 6.36. The average Bonchev–Trinajstić information content (AvgIpc) is 2.20. The molecule has 2 nitrogen and oxygen atoms in total. The van der Waals surface area contributed by atoms with Crippen LogP contribution in [0.15, 0.2) is 24.3 Å². The molecular weight excluding hydrogens is 186 g/mol. The molecule has 0 heterocycles. The Bertz CT molecular complexity index is 303. The number of ketones is 1. The maximum absolute atomic E-state index is 10.7. The van der Waals surface area contributed by atoms with Gasteiger partial charge in [-0.25, -0.2) is 0 Å². The number of carbonyl (C=O) groups excluding carboxylic acids is 1. The Kier molecular flexibility index (Phi) is 5.05. The Morgan fingerprint density at radius 2 is 1.93 bits per heavy atom. The second-order valence-corrected chi connectivity index (χ2v) is 3.97. The molecule has 0 saturated heterocycles. The third-order valence-corrected chi connectivity index (χ3v) is 2.33. The van der Waals surface area contributed by atoms with Crippen LogP contribution in [0, 0.1) is 6.92 Å². The third-order valence-electron chi connectivity index (χ3n) is 2.33. The van der Waals surface area contributed by atoms with Crippen molar-refractivity contribution in [2.45, 2.75) is 33.2 Å². The summed E-state index contributed by atoms with van der Waals surface area (Å²) in [5.74, 6) is 0.270. The van der Waals surface area contributed by atoms with E-state index in [0.29, 0.717) is 6.42 Å². The van der Waals surface area contributed by atoms with E-state index >= 15 is 0 Å². The van der Waals surface area contributed by atoms with Crippen LogP contribution in [0.4, 0.5) is 0 Å². The van der Waals surface area contributed by atoms with Crippen LogP contribution in [0.5, 0.6) is 0 Å². The third kappa shape index (κ3) is 5.33. The molecule has 0 aliphatic carbocycles. The van der Waals surface area contributed by atoms with Crippen molar-refractivity contribution >= 4 is 5.78 Å². The standard InChI is InChI=1S/C13H19NO/c1-11-5-7-13(8-6-11)10-14-9-3-4-12(2)15/h5-8,14H,3-4,9-10H2,1-2H3. The highest BCUT2D eigenvalue weighted by Gasteiger charge is 1.94. The van der Waals surface area contributed by atoms with Crippen molar-refractivity contribution in [3.05, 3.63) is 35.4 Å². The van der Waals surface area contributed by atoms with Gasteiger partial charge in [0.05, 0.1) is 0 Å². The SMILES string of the molecule is CC(=O)CCCNCc1ccc(C)cc1. The molecule has 15 heavy (non-hydrogen) atoms. The van der Waals surface area contributed by atoms with Gasteiger partial charge >= 0.3 is 0 Å². The Morgan fingerprint density at radius 1 is 1.27 bits per heavy atom. The molecule has 0 amide bonds. The molecule has 2 heteroatoms. The van der Waals surface area contributed by atoms with Gasteiger partial charge in [-0.1, -0.05) is 29.8 Å². The van der Waals surface area contributed by atoms with Crippen molar-refractivity contribution in [2.24, 2.45) is 0 Å². The highest BCUT2D eigenvalue weighted by atomic mass is 16.1. The summed E-state index contributed by atoms with van der Waals surface area (Å²) in [5, 5.41) is 3.32. The van der Waals surface area contributed by atoms with E-state index in [4.69, 9.17) is 0 Å². The van der Waals surface area contributed by atoms with E-state index in [1.165, 1.54) is 11.1 Å². The number of Topliss-reactive ketones (excluding diaryl/α,β-unsaturated/α-hetero) is 1. The largest absolute Gasteiger partial charge is 0.313 e. The summed E-state index contributed by atoms with van der Waals surface area (Å²) in [6.07, 6.45) is 1.61. The minimum Gasteiger partial charge on any atom is -0.313 e. The average molecular weight is 205 g/mol. The smallest absolute Gasteiger partial charge is 0.129 e. The second-order valence-electron chi connectivity index (χ2n) is 3.97. The van der Waals surface area contributed by atoms with Crippen molar-refractivity contribution in [3.63, 3.8) is 0 Å². The van der Waals surface area contributed by atoms with Crippen LogP contribution in [-0.2, 0) is 11.3 Å². The van der Waals surface area contributed by atoms with Gasteiger partial charge in [-0.3, -0.25) is 0 Å². The van der Waals surface area contributed by atoms with Crippen LogP contribution in [0.1, 0.15) is 30.9 Å². The minimum absolute atomic E-state index is 0.270. The van der Waals surface area contributed by atoms with Gasteiger partial charge in [0.15, 0.2) is 0 Å². The van der Waals surface area contributed by atoms with Gasteiger partial charge in [0.2, 0.25) is 0 Å². The van der Waals surface area contributed by atoms with Gasteiger partial charge in [-0.2, -0.15) is 0 Å². The quantitative estimate of drug-likeness (QED) is 0.723. The Balaban J connectivity index is 2.15. The molecule has 1 aromatic carbocycles. The summed E-state index contributed by atoms with van der Waals surface area (Å²) >= 11 is 0. The fourth-order valence-electron chi connectivity index (χ4n) is 1.40. The number of hydrogen-bond donors (Lipinski definition) is 1. The Morgan fingerprint density at radius 3 is 2.53 bits per heavy atom. The van der Waals surface area contributed by atoms with Crippen LogP contribution >= 0.6 is 0 Å². The fourth-order valence-corrected chi connectivity index (χ4v) is 1.40. The fraction of sp³-hybridized carbons (Fsp3) is 0.462. The zero-order chi connectivity index (χ0) is 11.1. The number of benzene rings is 1. The summed E-state index contributed by atoms with van der Waals surface area (Å²) in [7, 11) is 0. The molecule has 1 aromatic rings. The lowest BCUT2D eigenvalue weighted by molar-refractivity contribution is -0.117. The van der Waals surface area contributed by atoms with E-state index in [1.807, 2.05) is 0 Å². The van der Waals surface area contributed by atoms with E-state index in [1.54, 1.807) is 6.92 Å². The van der Waals surface area contributed by atoms with Gasteiger partial charge < -0.3 is 10.1 Å². The van der Waals surface area contributed by atoms with Crippen molar-refractivity contribution < 1.29 is 4.79 Å². The molecule has 0 aliphatic heterocycles. The molecule has 82 valence electrons. The highest BCUT2D eigenvalue weighted by molar-refractivity contribution is 5.75. The van der Waals surface area contributed by atoms with Gasteiger partial charge in [-0.15, -0.1) is 0 Å². The van der Waals surface area contributed by atoms with Gasteiger partial charge in [-0.05, 0) is 32.4 Å². The molecule has 0 atom stereocenters. The molecule has 1 rings (SSSR count). The van der Waals surface area contributed by atoms with Gasteiger partial charge in [0.1, 0.15) is 5.78 Å². The maximum atomic E-state index is 10.7. The number of nitrogens with one attached hydrogen (secondary N) is 1. The monoisotopic (exact) mass is 205 g/mol. The summed E-state index contributed by atoms with van der Waals surface area (Å²) in [5.41, 5.74) is 2.58. The molecule has 0 aliphatic rings. The molecule has 0 bridgehead atoms. The predicted octanol–water partition coefficient (Wildman–Crippen LogP) is 2.45. The van der Waals surface area contributed by atoms with Crippen molar-refractivity contribution in [1.82, 2.24) is 5.32 Å². The Hall–Kier alpha value is -1.15.